The van der Waals surface area contributed by atoms with E-state index in [0.29, 0.717) is 26.2 Å². The molecule has 2 N–H and O–H groups in total. The highest BCUT2D eigenvalue weighted by molar-refractivity contribution is 5.84. The molecule has 7 heteroatoms. The van der Waals surface area contributed by atoms with Crippen LogP contribution in [0.15, 0.2) is 0 Å². The van der Waals surface area contributed by atoms with E-state index in [1.165, 1.54) is 0 Å². The first-order valence-electron chi connectivity index (χ1n) is 7.61. The first-order valence-corrected chi connectivity index (χ1v) is 7.61. The summed E-state index contributed by atoms with van der Waals surface area (Å²) in [5, 5.41) is 11.7. The number of carboxylic acid groups (broad SMARTS) is 1. The molecule has 0 saturated carbocycles. The molecule has 0 aromatic carbocycles. The normalized spacial score (nSPS) is 32.0. The Balaban J connectivity index is 1.63. The van der Waals surface area contributed by atoms with Crippen molar-refractivity contribution < 1.29 is 19.5 Å². The first-order chi connectivity index (χ1) is 10.1. The molecule has 21 heavy (non-hydrogen) atoms. The second-order valence-electron chi connectivity index (χ2n) is 6.24. The summed E-state index contributed by atoms with van der Waals surface area (Å²) < 4.78 is 0. The molecule has 116 valence electrons. The Morgan fingerprint density at radius 2 is 2.10 bits per heavy atom. The summed E-state index contributed by atoms with van der Waals surface area (Å²) in [6.07, 6.45) is 2.57. The molecule has 7 nitrogen and oxygen atoms in total. The van der Waals surface area contributed by atoms with Crippen LogP contribution < -0.4 is 5.32 Å². The minimum Gasteiger partial charge on any atom is -0.481 e. The highest BCUT2D eigenvalue weighted by Gasteiger charge is 2.44. The van der Waals surface area contributed by atoms with Gasteiger partial charge in [0.05, 0.1) is 12.0 Å². The molecule has 3 saturated heterocycles. The smallest absolute Gasteiger partial charge is 0.320 e. The van der Waals surface area contributed by atoms with Gasteiger partial charge in [0, 0.05) is 32.6 Å². The zero-order chi connectivity index (χ0) is 15.0. The zero-order valence-electron chi connectivity index (χ0n) is 12.0. The fourth-order valence-electron chi connectivity index (χ4n) is 3.79. The van der Waals surface area contributed by atoms with Gasteiger partial charge in [-0.1, -0.05) is 0 Å². The Morgan fingerprint density at radius 1 is 1.29 bits per heavy atom. The number of rotatable bonds is 2. The summed E-state index contributed by atoms with van der Waals surface area (Å²) in [5.74, 6) is -0.768. The average molecular weight is 295 g/mol. The van der Waals surface area contributed by atoms with Crippen LogP contribution in [0.25, 0.3) is 0 Å². The Morgan fingerprint density at radius 3 is 2.86 bits per heavy atom. The highest BCUT2D eigenvalue weighted by Crippen LogP contribution is 2.29. The Kier molecular flexibility index (Phi) is 3.73. The Bertz CT molecular complexity index is 467. The van der Waals surface area contributed by atoms with Gasteiger partial charge in [-0.25, -0.2) is 4.79 Å². The molecule has 3 aliphatic heterocycles. The van der Waals surface area contributed by atoms with Crippen molar-refractivity contribution in [3.63, 3.8) is 0 Å². The van der Waals surface area contributed by atoms with Crippen LogP contribution in [0.3, 0.4) is 0 Å². The standard InChI is InChI=1S/C14H21N3O4/c18-12(19)6-9-3-5-16(8-9)14(21)17-4-1-2-10-11(17)7-15-13(10)20/h9-11H,1-8H2,(H,15,20)(H,18,19). The Hall–Kier alpha value is -1.79. The number of piperidine rings is 1. The molecular weight excluding hydrogens is 274 g/mol. The molecule has 0 aromatic rings. The third kappa shape index (κ3) is 2.69. The quantitative estimate of drug-likeness (QED) is 0.757. The van der Waals surface area contributed by atoms with Crippen LogP contribution in [-0.2, 0) is 9.59 Å². The number of fused-ring (bicyclic) bond motifs is 1. The van der Waals surface area contributed by atoms with Gasteiger partial charge in [0.2, 0.25) is 5.91 Å². The number of hydrogen-bond donors (Lipinski definition) is 2. The predicted octanol–water partition coefficient (Wildman–Crippen LogP) is 0.113. The lowest BCUT2D eigenvalue weighted by atomic mass is 9.92. The van der Waals surface area contributed by atoms with E-state index in [0.717, 1.165) is 19.3 Å². The molecule has 0 radical (unpaired) electrons. The van der Waals surface area contributed by atoms with Crippen molar-refractivity contribution in [2.75, 3.05) is 26.2 Å². The largest absolute Gasteiger partial charge is 0.481 e. The van der Waals surface area contributed by atoms with Gasteiger partial charge in [0.1, 0.15) is 0 Å². The van der Waals surface area contributed by atoms with Crippen molar-refractivity contribution >= 4 is 17.9 Å². The minimum atomic E-state index is -0.807. The lowest BCUT2D eigenvalue weighted by molar-refractivity contribution is -0.138. The van der Waals surface area contributed by atoms with Gasteiger partial charge in [0.25, 0.3) is 0 Å². The topological polar surface area (TPSA) is 90.0 Å². The summed E-state index contributed by atoms with van der Waals surface area (Å²) in [7, 11) is 0. The molecule has 0 aliphatic carbocycles. The number of aliphatic carboxylic acids is 1. The number of hydrogen-bond acceptors (Lipinski definition) is 3. The van der Waals surface area contributed by atoms with E-state index >= 15 is 0 Å². The third-order valence-electron chi connectivity index (χ3n) is 4.87. The van der Waals surface area contributed by atoms with Crippen molar-refractivity contribution in [3.8, 4) is 0 Å². The van der Waals surface area contributed by atoms with Gasteiger partial charge in [0.15, 0.2) is 0 Å². The fraction of sp³-hybridized carbons (Fsp3) is 0.786. The summed E-state index contributed by atoms with van der Waals surface area (Å²) in [6.45, 7) is 2.36. The molecule has 0 aromatic heterocycles. The maximum absolute atomic E-state index is 12.6. The zero-order valence-corrected chi connectivity index (χ0v) is 12.0. The van der Waals surface area contributed by atoms with Crippen molar-refractivity contribution in [2.45, 2.75) is 31.7 Å². The third-order valence-corrected chi connectivity index (χ3v) is 4.87. The molecule has 3 atom stereocenters. The van der Waals surface area contributed by atoms with Crippen molar-refractivity contribution in [1.82, 2.24) is 15.1 Å². The summed E-state index contributed by atoms with van der Waals surface area (Å²) in [6, 6.07) is -0.0636. The van der Waals surface area contributed by atoms with Gasteiger partial charge in [-0.3, -0.25) is 9.59 Å². The van der Waals surface area contributed by atoms with Crippen LogP contribution in [0.1, 0.15) is 25.7 Å². The van der Waals surface area contributed by atoms with Crippen LogP contribution >= 0.6 is 0 Å². The molecular formula is C14H21N3O4. The fourth-order valence-corrected chi connectivity index (χ4v) is 3.79. The summed E-state index contributed by atoms with van der Waals surface area (Å²) >= 11 is 0. The van der Waals surface area contributed by atoms with Crippen molar-refractivity contribution in [1.29, 1.82) is 0 Å². The van der Waals surface area contributed by atoms with Gasteiger partial charge < -0.3 is 20.2 Å². The second-order valence-corrected chi connectivity index (χ2v) is 6.24. The van der Waals surface area contributed by atoms with E-state index < -0.39 is 5.97 Å². The van der Waals surface area contributed by atoms with Crippen LogP contribution in [-0.4, -0.2) is 65.0 Å². The molecule has 0 spiro atoms. The SMILES string of the molecule is O=C(O)CC1CCN(C(=O)N2CCCC3C(=O)NCC32)C1. The highest BCUT2D eigenvalue weighted by atomic mass is 16.4. The van der Waals surface area contributed by atoms with E-state index in [-0.39, 0.29) is 36.2 Å². The van der Waals surface area contributed by atoms with E-state index in [9.17, 15) is 14.4 Å². The first kappa shape index (κ1) is 14.2. The Labute approximate surface area is 123 Å². The number of nitrogens with one attached hydrogen (secondary N) is 1. The number of nitrogens with zero attached hydrogens (tertiary/aromatic N) is 2. The van der Waals surface area contributed by atoms with E-state index in [4.69, 9.17) is 5.11 Å². The van der Waals surface area contributed by atoms with Crippen LogP contribution in [0.5, 0.6) is 0 Å². The van der Waals surface area contributed by atoms with Gasteiger partial charge in [-0.15, -0.1) is 0 Å². The van der Waals surface area contributed by atoms with Crippen molar-refractivity contribution in [3.05, 3.63) is 0 Å². The summed E-state index contributed by atoms with van der Waals surface area (Å²) in [4.78, 5) is 38.7. The van der Waals surface area contributed by atoms with Gasteiger partial charge in [-0.2, -0.15) is 0 Å². The lowest BCUT2D eigenvalue weighted by Crippen LogP contribution is -2.53. The van der Waals surface area contributed by atoms with Crippen LogP contribution in [0.4, 0.5) is 4.79 Å². The van der Waals surface area contributed by atoms with Crippen molar-refractivity contribution in [2.24, 2.45) is 11.8 Å². The number of urea groups is 1. The molecule has 3 rings (SSSR count). The maximum atomic E-state index is 12.6. The molecule has 3 aliphatic rings. The van der Waals surface area contributed by atoms with Gasteiger partial charge >= 0.3 is 12.0 Å². The van der Waals surface area contributed by atoms with E-state index in [1.54, 1.807) is 4.90 Å². The second kappa shape index (κ2) is 5.54. The lowest BCUT2D eigenvalue weighted by Gasteiger charge is -2.38. The summed E-state index contributed by atoms with van der Waals surface area (Å²) in [5.41, 5.74) is 0. The molecule has 3 fully saturated rings. The molecule has 3 unspecified atom stereocenters. The number of carbonyl (C=O) groups is 3. The number of amides is 3. The van der Waals surface area contributed by atoms with Crippen LogP contribution in [0, 0.1) is 11.8 Å². The average Bonchev–Trinajstić information content (AvgIpc) is 3.05. The number of carbonyl (C=O) groups excluding carboxylic acids is 2. The van der Waals surface area contributed by atoms with Gasteiger partial charge in [-0.05, 0) is 25.2 Å². The number of carboxylic acids is 1. The molecule has 0 bridgehead atoms. The maximum Gasteiger partial charge on any atom is 0.320 e. The molecule has 3 amide bonds. The minimum absolute atomic E-state index is 0.0303. The predicted molar refractivity (Wildman–Crippen MR) is 73.6 cm³/mol. The van der Waals surface area contributed by atoms with Crippen LogP contribution in [0.2, 0.25) is 0 Å². The molecule has 3 heterocycles. The number of likely N-dealkylation sites (tertiary alicyclic amines) is 2. The monoisotopic (exact) mass is 295 g/mol. The van der Waals surface area contributed by atoms with E-state index in [2.05, 4.69) is 5.32 Å². The van der Waals surface area contributed by atoms with E-state index in [1.807, 2.05) is 4.90 Å².